The van der Waals surface area contributed by atoms with E-state index in [1.54, 1.807) is 0 Å². The van der Waals surface area contributed by atoms with Gasteiger partial charge in [-0.2, -0.15) is 0 Å². The number of aryl methyl sites for hydroxylation is 1. The first-order chi connectivity index (χ1) is 13.0. The molecule has 0 spiro atoms. The van der Waals surface area contributed by atoms with Crippen LogP contribution in [0.3, 0.4) is 0 Å². The maximum absolute atomic E-state index is 5.51. The van der Waals surface area contributed by atoms with Crippen molar-refractivity contribution in [2.75, 3.05) is 39.4 Å². The molecular formula is C19H38IN7O. The van der Waals surface area contributed by atoms with Crippen LogP contribution in [0.15, 0.2) is 4.99 Å². The van der Waals surface area contributed by atoms with Crippen LogP contribution in [0.4, 0.5) is 0 Å². The number of aliphatic imine (C=N–C) groups is 1. The summed E-state index contributed by atoms with van der Waals surface area (Å²) < 4.78 is 7.49. The first-order valence-corrected chi connectivity index (χ1v) is 10.2. The number of hydrogen-bond donors (Lipinski definition) is 2. The molecule has 2 rings (SSSR count). The summed E-state index contributed by atoms with van der Waals surface area (Å²) in [5.74, 6) is 3.19. The van der Waals surface area contributed by atoms with Crippen LogP contribution >= 0.6 is 24.0 Å². The maximum atomic E-state index is 5.51. The molecule has 0 aliphatic carbocycles. The first kappa shape index (κ1) is 25.1. The minimum atomic E-state index is 0. The van der Waals surface area contributed by atoms with Gasteiger partial charge in [-0.1, -0.05) is 27.2 Å². The van der Waals surface area contributed by atoms with Gasteiger partial charge >= 0.3 is 0 Å². The summed E-state index contributed by atoms with van der Waals surface area (Å²) in [6, 6.07) is 0.462. The average Bonchev–Trinajstić information content (AvgIpc) is 2.98. The molecule has 1 saturated heterocycles. The van der Waals surface area contributed by atoms with Crippen LogP contribution in [0, 0.1) is 12.8 Å². The van der Waals surface area contributed by atoms with E-state index in [1.807, 2.05) is 18.5 Å². The molecule has 1 aliphatic heterocycles. The highest BCUT2D eigenvalue weighted by molar-refractivity contribution is 14.0. The molecule has 9 heteroatoms. The monoisotopic (exact) mass is 507 g/mol. The van der Waals surface area contributed by atoms with Gasteiger partial charge < -0.3 is 19.9 Å². The van der Waals surface area contributed by atoms with Crippen LogP contribution in [0.1, 0.15) is 45.3 Å². The van der Waals surface area contributed by atoms with Crippen molar-refractivity contribution in [2.24, 2.45) is 18.0 Å². The van der Waals surface area contributed by atoms with Crippen molar-refractivity contribution in [1.82, 2.24) is 30.3 Å². The smallest absolute Gasteiger partial charge is 0.191 e. The molecule has 162 valence electrons. The van der Waals surface area contributed by atoms with E-state index < -0.39 is 0 Å². The van der Waals surface area contributed by atoms with Crippen LogP contribution < -0.4 is 10.6 Å². The highest BCUT2D eigenvalue weighted by Crippen LogP contribution is 2.12. The predicted octanol–water partition coefficient (Wildman–Crippen LogP) is 1.93. The highest BCUT2D eigenvalue weighted by Gasteiger charge is 2.23. The topological polar surface area (TPSA) is 79.6 Å². The summed E-state index contributed by atoms with van der Waals surface area (Å²) >= 11 is 0. The summed E-state index contributed by atoms with van der Waals surface area (Å²) in [4.78, 5) is 7.27. The fraction of sp³-hybridized carbons (Fsp3) is 0.842. The Bertz CT molecular complexity index is 585. The van der Waals surface area contributed by atoms with Crippen molar-refractivity contribution in [1.29, 1.82) is 0 Å². The van der Waals surface area contributed by atoms with Crippen LogP contribution in [0.5, 0.6) is 0 Å². The van der Waals surface area contributed by atoms with E-state index >= 15 is 0 Å². The highest BCUT2D eigenvalue weighted by atomic mass is 127. The van der Waals surface area contributed by atoms with Crippen molar-refractivity contribution in [3.63, 3.8) is 0 Å². The van der Waals surface area contributed by atoms with E-state index in [2.05, 4.69) is 46.5 Å². The molecule has 1 fully saturated rings. The van der Waals surface area contributed by atoms with Gasteiger partial charge in [0.2, 0.25) is 0 Å². The molecule has 1 atom stereocenters. The Morgan fingerprint density at radius 2 is 1.93 bits per heavy atom. The minimum Gasteiger partial charge on any atom is -0.379 e. The quantitative estimate of drug-likeness (QED) is 0.230. The SMILES string of the molecule is CCCCNC(=NCc1nnc(C)n1C)NCC(C(C)C)N1CCOCC1.I. The van der Waals surface area contributed by atoms with Crippen molar-refractivity contribution < 1.29 is 4.74 Å². The number of guanidine groups is 1. The van der Waals surface area contributed by atoms with Crippen LogP contribution in [0.2, 0.25) is 0 Å². The molecule has 0 aromatic carbocycles. The zero-order valence-electron chi connectivity index (χ0n) is 18.1. The molecule has 0 radical (unpaired) electrons. The molecule has 0 amide bonds. The summed E-state index contributed by atoms with van der Waals surface area (Å²) in [6.45, 7) is 14.7. The van der Waals surface area contributed by atoms with E-state index in [9.17, 15) is 0 Å². The predicted molar refractivity (Wildman–Crippen MR) is 124 cm³/mol. The number of hydrogen-bond acceptors (Lipinski definition) is 5. The first-order valence-electron chi connectivity index (χ1n) is 10.2. The third-order valence-corrected chi connectivity index (χ3v) is 5.15. The second-order valence-corrected chi connectivity index (χ2v) is 7.51. The lowest BCUT2D eigenvalue weighted by Crippen LogP contribution is -2.52. The lowest BCUT2D eigenvalue weighted by atomic mass is 10.0. The largest absolute Gasteiger partial charge is 0.379 e. The van der Waals surface area contributed by atoms with Crippen molar-refractivity contribution in [3.05, 3.63) is 11.6 Å². The normalized spacial score (nSPS) is 16.7. The Hall–Kier alpha value is -0.940. The summed E-state index contributed by atoms with van der Waals surface area (Å²) in [5, 5.41) is 15.3. The number of unbranched alkanes of at least 4 members (excludes halogenated alkanes) is 1. The minimum absolute atomic E-state index is 0. The molecule has 1 unspecified atom stereocenters. The Morgan fingerprint density at radius 3 is 2.50 bits per heavy atom. The summed E-state index contributed by atoms with van der Waals surface area (Å²) in [6.07, 6.45) is 2.28. The Labute approximate surface area is 186 Å². The van der Waals surface area contributed by atoms with Gasteiger partial charge in [0.1, 0.15) is 12.4 Å². The van der Waals surface area contributed by atoms with Crippen LogP contribution in [0.25, 0.3) is 0 Å². The van der Waals surface area contributed by atoms with Gasteiger partial charge in [0.05, 0.1) is 13.2 Å². The Kier molecular flexibility index (Phi) is 11.9. The van der Waals surface area contributed by atoms with E-state index in [-0.39, 0.29) is 24.0 Å². The number of ether oxygens (including phenoxy) is 1. The average molecular weight is 507 g/mol. The maximum Gasteiger partial charge on any atom is 0.191 e. The zero-order chi connectivity index (χ0) is 19.6. The van der Waals surface area contributed by atoms with Crippen LogP contribution in [-0.2, 0) is 18.3 Å². The molecule has 28 heavy (non-hydrogen) atoms. The molecule has 0 bridgehead atoms. The van der Waals surface area contributed by atoms with E-state index in [1.165, 1.54) is 0 Å². The summed E-state index contributed by atoms with van der Waals surface area (Å²) in [7, 11) is 1.98. The third kappa shape index (κ3) is 7.82. The molecule has 8 nitrogen and oxygen atoms in total. The fourth-order valence-electron chi connectivity index (χ4n) is 3.19. The standard InChI is InChI=1S/C19H37N7O.HI/c1-6-7-8-20-19(22-14-18-24-23-16(4)25(18)5)21-13-17(15(2)3)26-9-11-27-12-10-26;/h15,17H,6-14H2,1-5H3,(H2,20,21,22);1H. The van der Waals surface area contributed by atoms with E-state index in [4.69, 9.17) is 9.73 Å². The molecule has 2 heterocycles. The van der Waals surface area contributed by atoms with Crippen LogP contribution in [-0.4, -0.2) is 71.1 Å². The van der Waals surface area contributed by atoms with Gasteiger partial charge in [0.15, 0.2) is 11.8 Å². The van der Waals surface area contributed by atoms with Gasteiger partial charge in [-0.05, 0) is 19.3 Å². The number of halogens is 1. The molecule has 1 aromatic heterocycles. The Morgan fingerprint density at radius 1 is 1.21 bits per heavy atom. The number of aromatic nitrogens is 3. The molecule has 1 aliphatic rings. The van der Waals surface area contributed by atoms with Crippen molar-refractivity contribution in [3.8, 4) is 0 Å². The van der Waals surface area contributed by atoms with Gasteiger partial charge in [-0.25, -0.2) is 4.99 Å². The number of nitrogens with one attached hydrogen (secondary N) is 2. The van der Waals surface area contributed by atoms with Crippen molar-refractivity contribution in [2.45, 2.75) is 53.1 Å². The lowest BCUT2D eigenvalue weighted by molar-refractivity contribution is 0.00752. The molecular weight excluding hydrogens is 469 g/mol. The summed E-state index contributed by atoms with van der Waals surface area (Å²) in [5.41, 5.74) is 0. The number of rotatable bonds is 9. The molecule has 1 aromatic rings. The van der Waals surface area contributed by atoms with Gasteiger partial charge in [0.25, 0.3) is 0 Å². The Balaban J connectivity index is 0.00000392. The molecule has 0 saturated carbocycles. The van der Waals surface area contributed by atoms with E-state index in [0.717, 1.165) is 69.8 Å². The third-order valence-electron chi connectivity index (χ3n) is 5.15. The number of nitrogens with zero attached hydrogens (tertiary/aromatic N) is 5. The van der Waals surface area contributed by atoms with Gasteiger partial charge in [0, 0.05) is 39.3 Å². The second-order valence-electron chi connectivity index (χ2n) is 7.51. The van der Waals surface area contributed by atoms with E-state index in [0.29, 0.717) is 18.5 Å². The van der Waals surface area contributed by atoms with Gasteiger partial charge in [-0.15, -0.1) is 34.2 Å². The van der Waals surface area contributed by atoms with Crippen molar-refractivity contribution >= 4 is 29.9 Å². The fourth-order valence-corrected chi connectivity index (χ4v) is 3.19. The van der Waals surface area contributed by atoms with Gasteiger partial charge in [-0.3, -0.25) is 4.90 Å². The zero-order valence-corrected chi connectivity index (χ0v) is 20.4. The molecule has 2 N–H and O–H groups in total. The number of morpholine rings is 1. The second kappa shape index (κ2) is 13.3. The lowest BCUT2D eigenvalue weighted by Gasteiger charge is -2.37.